The lowest BCUT2D eigenvalue weighted by molar-refractivity contribution is 0.314. The van der Waals surface area contributed by atoms with Crippen LogP contribution in [0.15, 0.2) is 35.3 Å². The van der Waals surface area contributed by atoms with Crippen LogP contribution in [0.4, 0.5) is 0 Å². The molecule has 2 nitrogen and oxygen atoms in total. The van der Waals surface area contributed by atoms with E-state index in [4.69, 9.17) is 16.3 Å². The minimum atomic E-state index is 0.242. The molecule has 3 heteroatoms. The van der Waals surface area contributed by atoms with E-state index in [0.717, 1.165) is 6.42 Å². The smallest absolute Gasteiger partial charge is 0.199 e. The van der Waals surface area contributed by atoms with E-state index in [1.807, 2.05) is 18.2 Å². The van der Waals surface area contributed by atoms with E-state index in [-0.39, 0.29) is 6.04 Å². The van der Waals surface area contributed by atoms with Crippen LogP contribution >= 0.6 is 11.6 Å². The van der Waals surface area contributed by atoms with E-state index in [1.165, 1.54) is 5.56 Å². The predicted octanol–water partition coefficient (Wildman–Crippen LogP) is 2.27. The summed E-state index contributed by atoms with van der Waals surface area (Å²) in [5, 5.41) is 0. The van der Waals surface area contributed by atoms with Crippen molar-refractivity contribution in [3.05, 3.63) is 35.9 Å². The highest BCUT2D eigenvalue weighted by Crippen LogP contribution is 2.12. The van der Waals surface area contributed by atoms with Crippen molar-refractivity contribution in [1.82, 2.24) is 0 Å². The first kappa shape index (κ1) is 9.53. The number of hydrogen-bond acceptors (Lipinski definition) is 2. The van der Waals surface area contributed by atoms with Crippen molar-refractivity contribution >= 4 is 17.5 Å². The van der Waals surface area contributed by atoms with Gasteiger partial charge >= 0.3 is 0 Å². The van der Waals surface area contributed by atoms with Crippen molar-refractivity contribution in [3.8, 4) is 0 Å². The predicted molar refractivity (Wildman–Crippen MR) is 58.0 cm³/mol. The van der Waals surface area contributed by atoms with Gasteiger partial charge in [-0.2, -0.15) is 0 Å². The fourth-order valence-corrected chi connectivity index (χ4v) is 1.68. The summed E-state index contributed by atoms with van der Waals surface area (Å²) in [5.74, 6) is 1.05. The van der Waals surface area contributed by atoms with Crippen LogP contribution in [0.25, 0.3) is 0 Å². The number of aliphatic imine (C=N–C) groups is 1. The summed E-state index contributed by atoms with van der Waals surface area (Å²) in [4.78, 5) is 4.36. The molecule has 74 valence electrons. The topological polar surface area (TPSA) is 21.6 Å². The molecule has 1 aromatic rings. The molecular formula is C11H12ClNO. The number of halogens is 1. The molecule has 0 amide bonds. The molecule has 0 aliphatic carbocycles. The van der Waals surface area contributed by atoms with Crippen LogP contribution in [0.3, 0.4) is 0 Å². The summed E-state index contributed by atoms with van der Waals surface area (Å²) in [6, 6.07) is 10.5. The first-order chi connectivity index (χ1) is 6.88. The highest BCUT2D eigenvalue weighted by molar-refractivity contribution is 6.27. The van der Waals surface area contributed by atoms with Crippen molar-refractivity contribution in [2.45, 2.75) is 12.5 Å². The van der Waals surface area contributed by atoms with E-state index in [2.05, 4.69) is 17.1 Å². The van der Waals surface area contributed by atoms with E-state index in [0.29, 0.717) is 18.4 Å². The Hall–Kier alpha value is -1.02. The van der Waals surface area contributed by atoms with Crippen LogP contribution in [0.5, 0.6) is 0 Å². The second-order valence-corrected chi connectivity index (χ2v) is 3.58. The molecular weight excluding hydrogens is 198 g/mol. The number of rotatable bonds is 3. The first-order valence-corrected chi connectivity index (χ1v) is 5.21. The van der Waals surface area contributed by atoms with Gasteiger partial charge in [0.1, 0.15) is 6.61 Å². The molecule has 0 fully saturated rings. The van der Waals surface area contributed by atoms with Gasteiger partial charge in [0.05, 0.1) is 11.9 Å². The number of benzene rings is 1. The Bertz CT molecular complexity index is 323. The molecule has 0 N–H and O–H groups in total. The lowest BCUT2D eigenvalue weighted by Gasteiger charge is -2.03. The quantitative estimate of drug-likeness (QED) is 0.700. The summed E-state index contributed by atoms with van der Waals surface area (Å²) in [6.07, 6.45) is 0.932. The van der Waals surface area contributed by atoms with Crippen molar-refractivity contribution in [2.24, 2.45) is 4.99 Å². The molecule has 2 rings (SSSR count). The third kappa shape index (κ3) is 2.26. The van der Waals surface area contributed by atoms with Gasteiger partial charge in [-0.25, -0.2) is 4.99 Å². The fourth-order valence-electron chi connectivity index (χ4n) is 1.53. The molecule has 14 heavy (non-hydrogen) atoms. The zero-order valence-corrected chi connectivity index (χ0v) is 8.57. The third-order valence-electron chi connectivity index (χ3n) is 2.20. The van der Waals surface area contributed by atoms with Gasteiger partial charge in [0.25, 0.3) is 0 Å². The van der Waals surface area contributed by atoms with Crippen LogP contribution in [0.1, 0.15) is 5.56 Å². The van der Waals surface area contributed by atoms with Crippen LogP contribution < -0.4 is 0 Å². The lowest BCUT2D eigenvalue weighted by atomic mass is 10.1. The van der Waals surface area contributed by atoms with Crippen molar-refractivity contribution in [2.75, 3.05) is 12.5 Å². The summed E-state index contributed by atoms with van der Waals surface area (Å²) in [7, 11) is 0. The molecule has 0 spiro atoms. The van der Waals surface area contributed by atoms with Gasteiger partial charge in [0.15, 0.2) is 5.90 Å². The highest BCUT2D eigenvalue weighted by atomic mass is 35.5. The van der Waals surface area contributed by atoms with Crippen LogP contribution in [-0.4, -0.2) is 24.4 Å². The van der Waals surface area contributed by atoms with Crippen LogP contribution in [0, 0.1) is 0 Å². The monoisotopic (exact) mass is 209 g/mol. The van der Waals surface area contributed by atoms with Gasteiger partial charge in [-0.05, 0) is 12.0 Å². The second-order valence-electron chi connectivity index (χ2n) is 3.31. The Morgan fingerprint density at radius 3 is 2.79 bits per heavy atom. The summed E-state index contributed by atoms with van der Waals surface area (Å²) in [6.45, 7) is 0.664. The van der Waals surface area contributed by atoms with E-state index in [1.54, 1.807) is 0 Å². The van der Waals surface area contributed by atoms with E-state index in [9.17, 15) is 0 Å². The second kappa shape index (κ2) is 4.47. The Labute approximate surface area is 88.6 Å². The Balaban J connectivity index is 1.97. The average Bonchev–Trinajstić information content (AvgIpc) is 2.67. The van der Waals surface area contributed by atoms with Crippen LogP contribution in [0.2, 0.25) is 0 Å². The molecule has 0 saturated heterocycles. The van der Waals surface area contributed by atoms with Crippen molar-refractivity contribution in [3.63, 3.8) is 0 Å². The molecule has 0 saturated carbocycles. The SMILES string of the molecule is ClCC1=NC(Cc2ccccc2)CO1. The molecule has 1 aromatic carbocycles. The average molecular weight is 210 g/mol. The normalized spacial score (nSPS) is 20.4. The minimum absolute atomic E-state index is 0.242. The number of nitrogens with zero attached hydrogens (tertiary/aromatic N) is 1. The molecule has 1 unspecified atom stereocenters. The Morgan fingerprint density at radius 1 is 1.36 bits per heavy atom. The Kier molecular flexibility index (Phi) is 3.04. The largest absolute Gasteiger partial charge is 0.478 e. The van der Waals surface area contributed by atoms with Gasteiger partial charge < -0.3 is 4.74 Å². The maximum atomic E-state index is 5.62. The number of ether oxygens (including phenoxy) is 1. The van der Waals surface area contributed by atoms with Crippen molar-refractivity contribution in [1.29, 1.82) is 0 Å². The summed E-state index contributed by atoms with van der Waals surface area (Å²) in [5.41, 5.74) is 1.29. The molecule has 0 aromatic heterocycles. The molecule has 1 aliphatic rings. The maximum absolute atomic E-state index is 5.62. The summed E-state index contributed by atoms with van der Waals surface area (Å²) < 4.78 is 5.30. The highest BCUT2D eigenvalue weighted by Gasteiger charge is 2.17. The zero-order chi connectivity index (χ0) is 9.80. The minimum Gasteiger partial charge on any atom is -0.478 e. The number of alkyl halides is 1. The van der Waals surface area contributed by atoms with Gasteiger partial charge in [-0.3, -0.25) is 0 Å². The van der Waals surface area contributed by atoms with Gasteiger partial charge in [0.2, 0.25) is 0 Å². The maximum Gasteiger partial charge on any atom is 0.199 e. The van der Waals surface area contributed by atoms with Crippen molar-refractivity contribution < 1.29 is 4.74 Å². The van der Waals surface area contributed by atoms with E-state index < -0.39 is 0 Å². The molecule has 1 aliphatic heterocycles. The first-order valence-electron chi connectivity index (χ1n) is 4.68. The van der Waals surface area contributed by atoms with Gasteiger partial charge in [0, 0.05) is 0 Å². The van der Waals surface area contributed by atoms with Gasteiger partial charge in [-0.1, -0.05) is 30.3 Å². The number of hydrogen-bond donors (Lipinski definition) is 0. The van der Waals surface area contributed by atoms with Gasteiger partial charge in [-0.15, -0.1) is 11.6 Å². The molecule has 0 bridgehead atoms. The van der Waals surface area contributed by atoms with E-state index >= 15 is 0 Å². The Morgan fingerprint density at radius 2 is 2.14 bits per heavy atom. The standard InChI is InChI=1S/C11H12ClNO/c12-7-11-13-10(8-14-11)6-9-4-2-1-3-5-9/h1-5,10H,6-8H2. The molecule has 1 heterocycles. The summed E-state index contributed by atoms with van der Waals surface area (Å²) >= 11 is 5.62. The lowest BCUT2D eigenvalue weighted by Crippen LogP contribution is -2.09. The fraction of sp³-hybridized carbons (Fsp3) is 0.364. The zero-order valence-electron chi connectivity index (χ0n) is 7.82. The molecule has 0 radical (unpaired) electrons. The molecule has 1 atom stereocenters. The van der Waals surface area contributed by atoms with Crippen LogP contribution in [-0.2, 0) is 11.2 Å². The third-order valence-corrected chi connectivity index (χ3v) is 2.43.